The Hall–Kier alpha value is -2.48. The van der Waals surface area contributed by atoms with E-state index in [0.29, 0.717) is 5.56 Å². The minimum absolute atomic E-state index is 0.0801. The minimum Gasteiger partial charge on any atom is -0.367 e. The zero-order valence-electron chi connectivity index (χ0n) is 12.2. The molecule has 0 aliphatic rings. The van der Waals surface area contributed by atoms with Crippen molar-refractivity contribution in [2.24, 2.45) is 0 Å². The second-order valence-corrected chi connectivity index (χ2v) is 4.89. The number of amides is 1. The molecule has 8 heteroatoms. The number of hydrogen-bond donors (Lipinski definition) is 1. The van der Waals surface area contributed by atoms with Crippen LogP contribution in [-0.4, -0.2) is 18.7 Å². The average molecular weight is 345 g/mol. The summed E-state index contributed by atoms with van der Waals surface area (Å²) in [6.45, 7) is -1.60. The van der Waals surface area contributed by atoms with Gasteiger partial charge in [0, 0.05) is 17.3 Å². The van der Waals surface area contributed by atoms with Gasteiger partial charge < -0.3 is 10.1 Å². The predicted octanol–water partition coefficient (Wildman–Crippen LogP) is 4.30. The summed E-state index contributed by atoms with van der Waals surface area (Å²) in [6, 6.07) is 8.59. The summed E-state index contributed by atoms with van der Waals surface area (Å²) in [7, 11) is 0. The zero-order valence-corrected chi connectivity index (χ0v) is 12.2. The molecular weight excluding hydrogens is 333 g/mol. The van der Waals surface area contributed by atoms with E-state index in [9.17, 15) is 26.7 Å². The minimum atomic E-state index is -4.40. The molecule has 0 bridgehead atoms. The van der Waals surface area contributed by atoms with Crippen LogP contribution in [0.5, 0.6) is 0 Å². The maximum Gasteiger partial charge on any atom is 0.411 e. The first-order valence-corrected chi connectivity index (χ1v) is 6.74. The van der Waals surface area contributed by atoms with Crippen molar-refractivity contribution < 1.29 is 31.5 Å². The molecule has 0 aliphatic heterocycles. The molecule has 0 aliphatic carbocycles. The van der Waals surface area contributed by atoms with E-state index in [1.54, 1.807) is 0 Å². The fraction of sp³-hybridized carbons (Fsp3) is 0.188. The van der Waals surface area contributed by atoms with Crippen LogP contribution in [0, 0.1) is 11.6 Å². The molecule has 0 saturated carbocycles. The van der Waals surface area contributed by atoms with Crippen LogP contribution in [0.25, 0.3) is 0 Å². The van der Waals surface area contributed by atoms with Crippen LogP contribution in [-0.2, 0) is 11.3 Å². The van der Waals surface area contributed by atoms with Crippen molar-refractivity contribution >= 4 is 11.6 Å². The number of anilines is 1. The number of nitrogens with one attached hydrogen (secondary N) is 1. The molecule has 0 fully saturated rings. The third-order valence-corrected chi connectivity index (χ3v) is 2.93. The number of rotatable bonds is 5. The van der Waals surface area contributed by atoms with Gasteiger partial charge in [-0.2, -0.15) is 13.2 Å². The molecule has 0 atom stereocenters. The summed E-state index contributed by atoms with van der Waals surface area (Å²) in [6.07, 6.45) is -4.40. The lowest BCUT2D eigenvalue weighted by molar-refractivity contribution is -0.176. The molecule has 0 saturated heterocycles. The Bertz CT molecular complexity index is 713. The Balaban J connectivity index is 1.94. The van der Waals surface area contributed by atoms with E-state index in [0.717, 1.165) is 12.1 Å². The number of ether oxygens (including phenoxy) is 1. The Labute approximate surface area is 134 Å². The number of benzene rings is 2. The Morgan fingerprint density at radius 2 is 1.67 bits per heavy atom. The summed E-state index contributed by atoms with van der Waals surface area (Å²) in [5.74, 6) is -2.69. The van der Waals surface area contributed by atoms with Gasteiger partial charge in [-0.3, -0.25) is 4.79 Å². The quantitative estimate of drug-likeness (QED) is 0.821. The first-order chi connectivity index (χ1) is 11.2. The van der Waals surface area contributed by atoms with Gasteiger partial charge in [-0.1, -0.05) is 12.1 Å². The fourth-order valence-corrected chi connectivity index (χ4v) is 1.81. The van der Waals surface area contributed by atoms with E-state index >= 15 is 0 Å². The van der Waals surface area contributed by atoms with Gasteiger partial charge in [-0.15, -0.1) is 0 Å². The van der Waals surface area contributed by atoms with Gasteiger partial charge in [0.2, 0.25) is 0 Å². The predicted molar refractivity (Wildman–Crippen MR) is 76.5 cm³/mol. The lowest BCUT2D eigenvalue weighted by atomic mass is 10.1. The Morgan fingerprint density at radius 3 is 2.25 bits per heavy atom. The average Bonchev–Trinajstić information content (AvgIpc) is 2.50. The van der Waals surface area contributed by atoms with E-state index in [1.807, 2.05) is 0 Å². The summed E-state index contributed by atoms with van der Waals surface area (Å²) in [5, 5.41) is 2.38. The molecule has 0 heterocycles. The van der Waals surface area contributed by atoms with Gasteiger partial charge in [-0.25, -0.2) is 8.78 Å². The molecule has 3 nitrogen and oxygen atoms in total. The maximum absolute atomic E-state index is 13.1. The third kappa shape index (κ3) is 5.31. The summed E-state index contributed by atoms with van der Waals surface area (Å²) in [4.78, 5) is 12.0. The molecule has 2 aromatic carbocycles. The van der Waals surface area contributed by atoms with Gasteiger partial charge in [0.05, 0.1) is 6.61 Å². The largest absolute Gasteiger partial charge is 0.411 e. The van der Waals surface area contributed by atoms with Gasteiger partial charge in [0.25, 0.3) is 5.91 Å². The van der Waals surface area contributed by atoms with Crippen molar-refractivity contribution in [1.29, 1.82) is 0 Å². The molecule has 128 valence electrons. The molecule has 1 amide bonds. The lowest BCUT2D eigenvalue weighted by Gasteiger charge is -2.09. The normalized spacial score (nSPS) is 11.4. The number of carbonyl (C=O) groups excluding carboxylic acids is 1. The van der Waals surface area contributed by atoms with Gasteiger partial charge in [0.1, 0.15) is 6.61 Å². The molecule has 1 N–H and O–H groups in total. The Kier molecular flexibility index (Phi) is 5.50. The Morgan fingerprint density at radius 1 is 1.00 bits per heavy atom. The van der Waals surface area contributed by atoms with Crippen molar-refractivity contribution in [2.75, 3.05) is 11.9 Å². The smallest absolute Gasteiger partial charge is 0.367 e. The molecule has 0 spiro atoms. The van der Waals surface area contributed by atoms with Crippen LogP contribution in [0.2, 0.25) is 0 Å². The van der Waals surface area contributed by atoms with Crippen molar-refractivity contribution in [2.45, 2.75) is 12.8 Å². The molecular formula is C16H12F5NO2. The fourth-order valence-electron chi connectivity index (χ4n) is 1.81. The van der Waals surface area contributed by atoms with Crippen LogP contribution in [0.4, 0.5) is 27.6 Å². The number of halogens is 5. The second-order valence-electron chi connectivity index (χ2n) is 4.89. The van der Waals surface area contributed by atoms with E-state index < -0.39 is 30.3 Å². The van der Waals surface area contributed by atoms with E-state index in [1.165, 1.54) is 30.3 Å². The van der Waals surface area contributed by atoms with Crippen molar-refractivity contribution in [3.63, 3.8) is 0 Å². The number of alkyl halides is 3. The summed E-state index contributed by atoms with van der Waals surface area (Å²) < 4.78 is 66.3. The highest BCUT2D eigenvalue weighted by molar-refractivity contribution is 6.04. The first kappa shape index (κ1) is 17.9. The van der Waals surface area contributed by atoms with E-state index in [4.69, 9.17) is 0 Å². The number of hydrogen-bond acceptors (Lipinski definition) is 2. The maximum atomic E-state index is 13.1. The summed E-state index contributed by atoms with van der Waals surface area (Å²) in [5.41, 5.74) is 0.749. The van der Waals surface area contributed by atoms with Crippen LogP contribution in [0.15, 0.2) is 42.5 Å². The van der Waals surface area contributed by atoms with Crippen LogP contribution in [0.3, 0.4) is 0 Å². The molecule has 24 heavy (non-hydrogen) atoms. The third-order valence-electron chi connectivity index (χ3n) is 2.93. The molecule has 0 radical (unpaired) electrons. The first-order valence-electron chi connectivity index (χ1n) is 6.74. The molecule has 0 unspecified atom stereocenters. The molecule has 2 rings (SSSR count). The highest BCUT2D eigenvalue weighted by Gasteiger charge is 2.27. The van der Waals surface area contributed by atoms with Crippen LogP contribution >= 0.6 is 0 Å². The van der Waals surface area contributed by atoms with Crippen molar-refractivity contribution in [3.05, 3.63) is 65.2 Å². The highest BCUT2D eigenvalue weighted by atomic mass is 19.4. The standard InChI is InChI=1S/C16H12F5NO2/c17-13-6-5-12(7-14(13)18)22-15(23)11-3-1-10(2-4-11)8-24-9-16(19,20)21/h1-7H,8-9H2,(H,22,23). The topological polar surface area (TPSA) is 38.3 Å². The van der Waals surface area contributed by atoms with Gasteiger partial charge in [0.15, 0.2) is 11.6 Å². The second kappa shape index (κ2) is 7.39. The highest BCUT2D eigenvalue weighted by Crippen LogP contribution is 2.17. The van der Waals surface area contributed by atoms with Crippen molar-refractivity contribution in [3.8, 4) is 0 Å². The lowest BCUT2D eigenvalue weighted by Crippen LogP contribution is -2.16. The van der Waals surface area contributed by atoms with Crippen molar-refractivity contribution in [1.82, 2.24) is 0 Å². The summed E-state index contributed by atoms with van der Waals surface area (Å²) >= 11 is 0. The SMILES string of the molecule is O=C(Nc1ccc(F)c(F)c1)c1ccc(COCC(F)(F)F)cc1. The van der Waals surface area contributed by atoms with Crippen LogP contribution < -0.4 is 5.32 Å². The van der Waals surface area contributed by atoms with Gasteiger partial charge >= 0.3 is 6.18 Å². The molecule has 2 aromatic rings. The van der Waals surface area contributed by atoms with Crippen LogP contribution in [0.1, 0.15) is 15.9 Å². The number of carbonyl (C=O) groups is 1. The zero-order chi connectivity index (χ0) is 17.7. The monoisotopic (exact) mass is 345 g/mol. The van der Waals surface area contributed by atoms with Gasteiger partial charge in [-0.05, 0) is 29.8 Å². The van der Waals surface area contributed by atoms with E-state index in [2.05, 4.69) is 10.1 Å². The van der Waals surface area contributed by atoms with E-state index in [-0.39, 0.29) is 17.9 Å². The molecule has 0 aromatic heterocycles.